The summed E-state index contributed by atoms with van der Waals surface area (Å²) in [6.07, 6.45) is 0. The molecule has 0 aliphatic rings. The van der Waals surface area contributed by atoms with E-state index in [2.05, 4.69) is 24.1 Å². The molecule has 11 heavy (non-hydrogen) atoms. The fourth-order valence-electron chi connectivity index (χ4n) is 0.950. The average molecular weight is 145 g/mol. The van der Waals surface area contributed by atoms with E-state index in [0.29, 0.717) is 0 Å². The van der Waals surface area contributed by atoms with E-state index in [0.717, 1.165) is 0 Å². The van der Waals surface area contributed by atoms with Crippen molar-refractivity contribution in [1.82, 2.24) is 0 Å². The molecule has 0 heterocycles. The van der Waals surface area contributed by atoms with E-state index in [-0.39, 0.29) is 5.92 Å². The van der Waals surface area contributed by atoms with E-state index < -0.39 is 0 Å². The van der Waals surface area contributed by atoms with E-state index in [1.165, 1.54) is 5.56 Å². The lowest BCUT2D eigenvalue weighted by Gasteiger charge is -2.01. The van der Waals surface area contributed by atoms with E-state index >= 15 is 0 Å². The molecule has 1 unspecified atom stereocenters. The Hall–Kier alpha value is -1.42. The Morgan fingerprint density at radius 2 is 1.91 bits per heavy atom. The first-order valence-electron chi connectivity index (χ1n) is 3.60. The maximum absolute atomic E-state index is 5.11. The van der Waals surface area contributed by atoms with Crippen LogP contribution in [0.3, 0.4) is 0 Å². The van der Waals surface area contributed by atoms with Crippen LogP contribution in [-0.4, -0.2) is 0 Å². The number of hydrogen-bond acceptors (Lipinski definition) is 1. The lowest BCUT2D eigenvalue weighted by molar-refractivity contribution is 1.00. The first-order chi connectivity index (χ1) is 5.34. The highest BCUT2D eigenvalue weighted by atomic mass is 14.5. The quantitative estimate of drug-likeness (QED) is 0.472. The first-order valence-corrected chi connectivity index (χ1v) is 3.60. The highest BCUT2D eigenvalue weighted by Gasteiger charge is 1.97. The van der Waals surface area contributed by atoms with Crippen LogP contribution in [0.1, 0.15) is 18.4 Å². The van der Waals surface area contributed by atoms with E-state index in [4.69, 9.17) is 5.73 Å². The molecular weight excluding hydrogens is 134 g/mol. The second-order valence-electron chi connectivity index (χ2n) is 2.42. The van der Waals surface area contributed by atoms with Crippen molar-refractivity contribution in [3.63, 3.8) is 0 Å². The molecule has 1 aromatic carbocycles. The summed E-state index contributed by atoms with van der Waals surface area (Å²) < 4.78 is 0. The summed E-state index contributed by atoms with van der Waals surface area (Å²) in [5, 5.41) is 0. The predicted octanol–water partition coefficient (Wildman–Crippen LogP) is 1.71. The summed E-state index contributed by atoms with van der Waals surface area (Å²) in [5.41, 5.74) is 6.32. The third-order valence-corrected chi connectivity index (χ3v) is 1.60. The van der Waals surface area contributed by atoms with Crippen molar-refractivity contribution < 1.29 is 0 Å². The zero-order valence-electron chi connectivity index (χ0n) is 6.54. The van der Waals surface area contributed by atoms with Gasteiger partial charge >= 0.3 is 0 Å². The van der Waals surface area contributed by atoms with Gasteiger partial charge in [-0.15, -0.1) is 0 Å². The SMILES string of the molecule is CC(C#CN)c1ccccc1. The molecule has 1 rings (SSSR count). The van der Waals surface area contributed by atoms with Crippen molar-refractivity contribution >= 4 is 0 Å². The first kappa shape index (κ1) is 7.68. The van der Waals surface area contributed by atoms with Crippen molar-refractivity contribution in [2.75, 3.05) is 0 Å². The molecule has 0 bridgehead atoms. The minimum absolute atomic E-state index is 0.237. The molecule has 2 N–H and O–H groups in total. The topological polar surface area (TPSA) is 26.0 Å². The number of hydrogen-bond donors (Lipinski definition) is 1. The smallest absolute Gasteiger partial charge is 0.0442 e. The van der Waals surface area contributed by atoms with Crippen LogP contribution in [-0.2, 0) is 0 Å². The largest absolute Gasteiger partial charge is 0.359 e. The monoisotopic (exact) mass is 145 g/mol. The molecule has 0 spiro atoms. The number of nitrogens with two attached hydrogens (primary N) is 1. The van der Waals surface area contributed by atoms with Crippen molar-refractivity contribution in [2.24, 2.45) is 5.73 Å². The Bertz CT molecular complexity index is 266. The van der Waals surface area contributed by atoms with Gasteiger partial charge in [0.05, 0.1) is 0 Å². The molecule has 0 amide bonds. The minimum atomic E-state index is 0.237. The third-order valence-electron chi connectivity index (χ3n) is 1.60. The molecule has 1 atom stereocenters. The molecule has 0 saturated carbocycles. The van der Waals surface area contributed by atoms with Crippen molar-refractivity contribution in [3.8, 4) is 12.0 Å². The summed E-state index contributed by atoms with van der Waals surface area (Å²) in [6, 6.07) is 12.5. The van der Waals surface area contributed by atoms with E-state index in [1.807, 2.05) is 25.1 Å². The molecule has 0 aromatic heterocycles. The maximum atomic E-state index is 5.11. The zero-order chi connectivity index (χ0) is 8.10. The van der Waals surface area contributed by atoms with Gasteiger partial charge in [0.2, 0.25) is 0 Å². The average Bonchev–Trinajstić information content (AvgIpc) is 2.07. The molecule has 1 nitrogen and oxygen atoms in total. The van der Waals surface area contributed by atoms with Crippen LogP contribution in [0, 0.1) is 12.0 Å². The van der Waals surface area contributed by atoms with E-state index in [1.54, 1.807) is 0 Å². The van der Waals surface area contributed by atoms with Gasteiger partial charge in [0.15, 0.2) is 0 Å². The van der Waals surface area contributed by atoms with Crippen molar-refractivity contribution in [1.29, 1.82) is 0 Å². The van der Waals surface area contributed by atoms with Crippen LogP contribution < -0.4 is 5.73 Å². The summed E-state index contributed by atoms with van der Waals surface area (Å²) in [4.78, 5) is 0. The van der Waals surface area contributed by atoms with E-state index in [9.17, 15) is 0 Å². The highest BCUT2D eigenvalue weighted by Crippen LogP contribution is 2.12. The van der Waals surface area contributed by atoms with Crippen LogP contribution in [0.25, 0.3) is 0 Å². The van der Waals surface area contributed by atoms with Gasteiger partial charge in [0.1, 0.15) is 0 Å². The fourth-order valence-corrected chi connectivity index (χ4v) is 0.950. The standard InChI is InChI=1S/C10H11N/c1-9(7-8-11)10-5-3-2-4-6-10/h2-6,9H,11H2,1H3. The van der Waals surface area contributed by atoms with Gasteiger partial charge in [-0.25, -0.2) is 0 Å². The van der Waals surface area contributed by atoms with Crippen LogP contribution in [0.5, 0.6) is 0 Å². The second-order valence-corrected chi connectivity index (χ2v) is 2.42. The molecule has 0 saturated heterocycles. The summed E-state index contributed by atoms with van der Waals surface area (Å²) in [5.74, 6) is 3.13. The van der Waals surface area contributed by atoms with Crippen molar-refractivity contribution in [3.05, 3.63) is 35.9 Å². The fraction of sp³-hybridized carbons (Fsp3) is 0.200. The predicted molar refractivity (Wildman–Crippen MR) is 46.8 cm³/mol. The van der Waals surface area contributed by atoms with Crippen LogP contribution in [0.15, 0.2) is 30.3 Å². The Kier molecular flexibility index (Phi) is 2.57. The van der Waals surface area contributed by atoms with Crippen LogP contribution in [0.4, 0.5) is 0 Å². The molecular formula is C10H11N. The summed E-state index contributed by atoms with van der Waals surface area (Å²) in [6.45, 7) is 2.04. The lowest BCUT2D eigenvalue weighted by atomic mass is 10.0. The molecule has 0 fully saturated rings. The van der Waals surface area contributed by atoms with Crippen LogP contribution >= 0.6 is 0 Å². The molecule has 1 aromatic rings. The Balaban J connectivity index is 2.82. The van der Waals surface area contributed by atoms with Gasteiger partial charge in [-0.1, -0.05) is 36.3 Å². The van der Waals surface area contributed by atoms with Gasteiger partial charge in [-0.05, 0) is 12.5 Å². The summed E-state index contributed by atoms with van der Waals surface area (Å²) >= 11 is 0. The third kappa shape index (κ3) is 2.01. The molecule has 0 aliphatic heterocycles. The number of rotatable bonds is 1. The molecule has 56 valence electrons. The van der Waals surface area contributed by atoms with Crippen molar-refractivity contribution in [2.45, 2.75) is 12.8 Å². The zero-order valence-corrected chi connectivity index (χ0v) is 6.54. The summed E-state index contributed by atoms with van der Waals surface area (Å²) in [7, 11) is 0. The normalized spacial score (nSPS) is 11.4. The molecule has 1 heteroatoms. The second kappa shape index (κ2) is 3.68. The van der Waals surface area contributed by atoms with Gasteiger partial charge in [-0.3, -0.25) is 0 Å². The van der Waals surface area contributed by atoms with Gasteiger partial charge < -0.3 is 5.73 Å². The molecule has 0 aliphatic carbocycles. The molecule has 0 radical (unpaired) electrons. The number of benzene rings is 1. The Morgan fingerprint density at radius 1 is 1.27 bits per heavy atom. The van der Waals surface area contributed by atoms with Crippen LogP contribution in [0.2, 0.25) is 0 Å². The van der Waals surface area contributed by atoms with Gasteiger partial charge in [0, 0.05) is 12.0 Å². The van der Waals surface area contributed by atoms with Gasteiger partial charge in [0.25, 0.3) is 0 Å². The lowest BCUT2D eigenvalue weighted by Crippen LogP contribution is -1.90. The minimum Gasteiger partial charge on any atom is -0.359 e. The highest BCUT2D eigenvalue weighted by molar-refractivity contribution is 5.26. The van der Waals surface area contributed by atoms with Gasteiger partial charge in [-0.2, -0.15) is 0 Å². The Morgan fingerprint density at radius 3 is 2.45 bits per heavy atom. The Labute approximate surface area is 67.2 Å². The maximum Gasteiger partial charge on any atom is 0.0442 e.